The van der Waals surface area contributed by atoms with Gasteiger partial charge in [0.2, 0.25) is 0 Å². The Hall–Kier alpha value is -2.19. The van der Waals surface area contributed by atoms with Crippen LogP contribution >= 0.6 is 0 Å². The summed E-state index contributed by atoms with van der Waals surface area (Å²) >= 11 is 0. The van der Waals surface area contributed by atoms with Gasteiger partial charge in [0.1, 0.15) is 5.75 Å². The molecule has 0 aliphatic carbocycles. The van der Waals surface area contributed by atoms with E-state index in [1.165, 1.54) is 19.2 Å². The van der Waals surface area contributed by atoms with Gasteiger partial charge >= 0.3 is 5.97 Å². The number of esters is 1. The number of hydrogen-bond acceptors (Lipinski definition) is 7. The fourth-order valence-corrected chi connectivity index (χ4v) is 2.78. The third-order valence-electron chi connectivity index (χ3n) is 4.16. The molecule has 28 heavy (non-hydrogen) atoms. The topological polar surface area (TPSA) is 97.1 Å². The largest absolute Gasteiger partial charge is 0.479 e. The second-order valence-electron chi connectivity index (χ2n) is 6.20. The zero-order valence-electron chi connectivity index (χ0n) is 17.1. The van der Waals surface area contributed by atoms with Crippen molar-refractivity contribution < 1.29 is 28.7 Å². The second-order valence-corrected chi connectivity index (χ2v) is 6.20. The summed E-state index contributed by atoms with van der Waals surface area (Å²) in [5.74, 6) is -0.0578. The minimum absolute atomic E-state index is 0.00210. The van der Waals surface area contributed by atoms with Gasteiger partial charge in [-0.15, -0.1) is 0 Å². The minimum Gasteiger partial charge on any atom is -0.479 e. The fourth-order valence-electron chi connectivity index (χ4n) is 2.78. The highest BCUT2D eigenvalue weighted by molar-refractivity contribution is 5.75. The van der Waals surface area contributed by atoms with Crippen LogP contribution < -0.4 is 4.74 Å². The van der Waals surface area contributed by atoms with Crippen molar-refractivity contribution in [3.05, 3.63) is 33.9 Å². The van der Waals surface area contributed by atoms with Crippen LogP contribution in [-0.2, 0) is 25.4 Å². The number of nitro benzene ring substituents is 1. The number of methoxy groups -OCH3 is 1. The lowest BCUT2D eigenvalue weighted by Crippen LogP contribution is -2.28. The molecule has 1 unspecified atom stereocenters. The number of nitro groups is 1. The van der Waals surface area contributed by atoms with E-state index in [0.717, 1.165) is 12.8 Å². The molecule has 0 saturated carbocycles. The third kappa shape index (κ3) is 7.82. The second kappa shape index (κ2) is 13.1. The summed E-state index contributed by atoms with van der Waals surface area (Å²) < 4.78 is 21.6. The maximum atomic E-state index is 12.0. The van der Waals surface area contributed by atoms with Gasteiger partial charge in [-0.05, 0) is 45.2 Å². The number of nitrogens with zero attached hydrogens (tertiary/aromatic N) is 1. The molecule has 1 atom stereocenters. The number of ether oxygens (including phenoxy) is 4. The smallest absolute Gasteiger partial charge is 0.347 e. The monoisotopic (exact) mass is 397 g/mol. The molecule has 8 heteroatoms. The molecule has 0 spiro atoms. The van der Waals surface area contributed by atoms with Gasteiger partial charge in [-0.25, -0.2) is 4.79 Å². The Morgan fingerprint density at radius 1 is 1.14 bits per heavy atom. The molecule has 0 heterocycles. The maximum Gasteiger partial charge on any atom is 0.347 e. The Balaban J connectivity index is 2.98. The van der Waals surface area contributed by atoms with Gasteiger partial charge in [0.05, 0.1) is 12.0 Å². The average molecular weight is 397 g/mol. The Morgan fingerprint density at radius 2 is 1.82 bits per heavy atom. The number of benzene rings is 1. The molecule has 8 nitrogen and oxygen atoms in total. The van der Waals surface area contributed by atoms with E-state index >= 15 is 0 Å². The van der Waals surface area contributed by atoms with Crippen LogP contribution in [0.3, 0.4) is 0 Å². The molecule has 0 aliphatic rings. The molecule has 1 rings (SSSR count). The van der Waals surface area contributed by atoms with E-state index in [2.05, 4.69) is 0 Å². The first-order chi connectivity index (χ1) is 13.5. The molecule has 0 saturated heterocycles. The van der Waals surface area contributed by atoms with E-state index in [9.17, 15) is 14.9 Å². The quantitative estimate of drug-likeness (QED) is 0.202. The van der Waals surface area contributed by atoms with E-state index in [1.807, 2.05) is 20.8 Å². The molecule has 0 bridgehead atoms. The van der Waals surface area contributed by atoms with Gasteiger partial charge in [0.15, 0.2) is 12.4 Å². The van der Waals surface area contributed by atoms with Gasteiger partial charge in [0.25, 0.3) is 5.69 Å². The summed E-state index contributed by atoms with van der Waals surface area (Å²) in [6, 6.07) is 4.51. The third-order valence-corrected chi connectivity index (χ3v) is 4.16. The highest BCUT2D eigenvalue weighted by Gasteiger charge is 2.23. The molecule has 1 aromatic rings. The van der Waals surface area contributed by atoms with Crippen molar-refractivity contribution in [3.63, 3.8) is 0 Å². The predicted molar refractivity (Wildman–Crippen MR) is 104 cm³/mol. The lowest BCUT2D eigenvalue weighted by molar-refractivity contribution is -0.385. The van der Waals surface area contributed by atoms with E-state index in [1.54, 1.807) is 6.07 Å². The Kier molecular flexibility index (Phi) is 11.1. The summed E-state index contributed by atoms with van der Waals surface area (Å²) in [7, 11) is 1.31. The average Bonchev–Trinajstić information content (AvgIpc) is 2.68. The first-order valence-corrected chi connectivity index (χ1v) is 9.71. The molecular formula is C20H31NO7. The molecule has 0 aliphatic heterocycles. The molecule has 0 N–H and O–H groups in total. The standard InChI is InChI=1S/C20H31NO7/c1-5-8-9-18(20(22)25-4)28-16-11-12-17(21(23)24)15(14-16)10-13-19(26-6-2)27-7-3/h11-12,14,18-19H,5-10,13H2,1-4H3. The molecular weight excluding hydrogens is 366 g/mol. The van der Waals surface area contributed by atoms with Crippen molar-refractivity contribution >= 4 is 11.7 Å². The van der Waals surface area contributed by atoms with Crippen LogP contribution in [0.1, 0.15) is 52.0 Å². The van der Waals surface area contributed by atoms with Crippen LogP contribution in [0.25, 0.3) is 0 Å². The van der Waals surface area contributed by atoms with Crippen molar-refractivity contribution in [1.82, 2.24) is 0 Å². The fraction of sp³-hybridized carbons (Fsp3) is 0.650. The molecule has 0 amide bonds. The van der Waals surface area contributed by atoms with Crippen LogP contribution in [-0.4, -0.2) is 43.6 Å². The number of unbranched alkanes of at least 4 members (excludes halogenated alkanes) is 1. The number of hydrogen-bond donors (Lipinski definition) is 0. The molecule has 0 radical (unpaired) electrons. The molecule has 0 fully saturated rings. The van der Waals surface area contributed by atoms with Gasteiger partial charge in [-0.1, -0.05) is 13.3 Å². The highest BCUT2D eigenvalue weighted by atomic mass is 16.7. The van der Waals surface area contributed by atoms with Crippen molar-refractivity contribution in [1.29, 1.82) is 0 Å². The van der Waals surface area contributed by atoms with Gasteiger partial charge in [-0.2, -0.15) is 0 Å². The SMILES string of the molecule is CCCCC(Oc1ccc([N+](=O)[O-])c(CCC(OCC)OCC)c1)C(=O)OC. The lowest BCUT2D eigenvalue weighted by Gasteiger charge is -2.18. The Labute approximate surface area is 166 Å². The summed E-state index contributed by atoms with van der Waals surface area (Å²) in [6.07, 6.45) is 1.94. The van der Waals surface area contributed by atoms with Crippen LogP contribution in [0.5, 0.6) is 5.75 Å². The summed E-state index contributed by atoms with van der Waals surface area (Å²) in [5, 5.41) is 11.4. The predicted octanol–water partition coefficient (Wildman–Crippen LogP) is 4.04. The van der Waals surface area contributed by atoms with Crippen LogP contribution in [0.15, 0.2) is 18.2 Å². The van der Waals surface area contributed by atoms with Crippen LogP contribution in [0.4, 0.5) is 5.69 Å². The van der Waals surface area contributed by atoms with E-state index in [4.69, 9.17) is 18.9 Å². The summed E-state index contributed by atoms with van der Waals surface area (Å²) in [6.45, 7) is 6.74. The van der Waals surface area contributed by atoms with Gasteiger partial charge in [-0.3, -0.25) is 10.1 Å². The van der Waals surface area contributed by atoms with Crippen LogP contribution in [0, 0.1) is 10.1 Å². The van der Waals surface area contributed by atoms with Crippen molar-refractivity contribution in [2.45, 2.75) is 65.3 Å². The van der Waals surface area contributed by atoms with Crippen molar-refractivity contribution in [2.24, 2.45) is 0 Å². The Bertz CT molecular complexity index is 615. The zero-order chi connectivity index (χ0) is 20.9. The van der Waals surface area contributed by atoms with Gasteiger partial charge < -0.3 is 18.9 Å². The van der Waals surface area contributed by atoms with E-state index in [0.29, 0.717) is 43.8 Å². The highest BCUT2D eigenvalue weighted by Crippen LogP contribution is 2.27. The normalized spacial score (nSPS) is 12.0. The van der Waals surface area contributed by atoms with Crippen molar-refractivity contribution in [2.75, 3.05) is 20.3 Å². The minimum atomic E-state index is -0.737. The number of carbonyl (C=O) groups excluding carboxylic acids is 1. The number of aryl methyl sites for hydroxylation is 1. The van der Waals surface area contributed by atoms with E-state index in [-0.39, 0.29) is 5.69 Å². The van der Waals surface area contributed by atoms with E-state index < -0.39 is 23.3 Å². The van der Waals surface area contributed by atoms with Crippen LogP contribution in [0.2, 0.25) is 0 Å². The first kappa shape index (κ1) is 23.8. The first-order valence-electron chi connectivity index (χ1n) is 9.71. The lowest BCUT2D eigenvalue weighted by atomic mass is 10.1. The molecule has 0 aromatic heterocycles. The number of carbonyl (C=O) groups is 1. The summed E-state index contributed by atoms with van der Waals surface area (Å²) in [5.41, 5.74) is 0.508. The number of rotatable bonds is 14. The Morgan fingerprint density at radius 3 is 2.36 bits per heavy atom. The zero-order valence-corrected chi connectivity index (χ0v) is 17.1. The van der Waals surface area contributed by atoms with Crippen molar-refractivity contribution in [3.8, 4) is 5.75 Å². The maximum absolute atomic E-state index is 12.0. The molecule has 1 aromatic carbocycles. The summed E-state index contributed by atoms with van der Waals surface area (Å²) in [4.78, 5) is 22.9. The molecule has 158 valence electrons. The van der Waals surface area contributed by atoms with Gasteiger partial charge in [0, 0.05) is 31.3 Å².